The Morgan fingerprint density at radius 2 is 1.79 bits per heavy atom. The van der Waals surface area contributed by atoms with Gasteiger partial charge in [-0.25, -0.2) is 4.98 Å². The van der Waals surface area contributed by atoms with Crippen molar-refractivity contribution in [2.24, 2.45) is 0 Å². The molecule has 0 unspecified atom stereocenters. The predicted octanol–water partition coefficient (Wildman–Crippen LogP) is 4.30. The van der Waals surface area contributed by atoms with Crippen LogP contribution in [0.2, 0.25) is 0 Å². The molecule has 0 saturated carbocycles. The van der Waals surface area contributed by atoms with Crippen LogP contribution in [-0.4, -0.2) is 15.5 Å². The van der Waals surface area contributed by atoms with Crippen LogP contribution in [0.1, 0.15) is 21.6 Å². The van der Waals surface area contributed by atoms with Crippen molar-refractivity contribution in [2.75, 3.05) is 5.32 Å². The summed E-state index contributed by atoms with van der Waals surface area (Å²) in [6.07, 6.45) is 2.17. The molecule has 4 aromatic rings. The van der Waals surface area contributed by atoms with Crippen molar-refractivity contribution in [3.63, 3.8) is 0 Å². The SMILES string of the molecule is Cc1sc2ncn(CC(=O)Nc3ccccc3Cc3ccccc3)c(=O)c2c1C. The van der Waals surface area contributed by atoms with E-state index in [0.29, 0.717) is 5.39 Å². The van der Waals surface area contributed by atoms with Gasteiger partial charge in [-0.1, -0.05) is 48.5 Å². The van der Waals surface area contributed by atoms with E-state index < -0.39 is 0 Å². The lowest BCUT2D eigenvalue weighted by Crippen LogP contribution is -2.28. The zero-order valence-electron chi connectivity index (χ0n) is 16.3. The molecule has 0 bridgehead atoms. The molecule has 5 nitrogen and oxygen atoms in total. The van der Waals surface area contributed by atoms with Gasteiger partial charge in [-0.05, 0) is 43.0 Å². The van der Waals surface area contributed by atoms with Crippen LogP contribution in [0, 0.1) is 13.8 Å². The number of rotatable bonds is 5. The van der Waals surface area contributed by atoms with E-state index in [2.05, 4.69) is 22.4 Å². The third-order valence-electron chi connectivity index (χ3n) is 5.00. The largest absolute Gasteiger partial charge is 0.324 e. The van der Waals surface area contributed by atoms with Gasteiger partial charge in [-0.15, -0.1) is 11.3 Å². The number of anilines is 1. The number of benzene rings is 2. The van der Waals surface area contributed by atoms with Crippen molar-refractivity contribution >= 4 is 33.1 Å². The molecule has 2 aromatic heterocycles. The van der Waals surface area contributed by atoms with Crippen molar-refractivity contribution in [2.45, 2.75) is 26.8 Å². The minimum atomic E-state index is -0.252. The second-order valence-electron chi connectivity index (χ2n) is 7.01. The number of nitrogens with zero attached hydrogens (tertiary/aromatic N) is 2. The van der Waals surface area contributed by atoms with Crippen LogP contribution in [0.3, 0.4) is 0 Å². The summed E-state index contributed by atoms with van der Waals surface area (Å²) in [7, 11) is 0. The Balaban J connectivity index is 1.55. The summed E-state index contributed by atoms with van der Waals surface area (Å²) in [6, 6.07) is 17.8. The second-order valence-corrected chi connectivity index (χ2v) is 8.21. The molecule has 4 rings (SSSR count). The Hall–Kier alpha value is -3.25. The molecule has 29 heavy (non-hydrogen) atoms. The summed E-state index contributed by atoms with van der Waals surface area (Å²) in [6.45, 7) is 3.82. The van der Waals surface area contributed by atoms with Gasteiger partial charge < -0.3 is 5.32 Å². The van der Waals surface area contributed by atoms with Gasteiger partial charge in [0.05, 0.1) is 11.7 Å². The first-order chi connectivity index (χ1) is 14.0. The number of aromatic nitrogens is 2. The fourth-order valence-corrected chi connectivity index (χ4v) is 4.33. The van der Waals surface area contributed by atoms with Gasteiger partial charge in [-0.2, -0.15) is 0 Å². The third kappa shape index (κ3) is 3.98. The zero-order chi connectivity index (χ0) is 20.4. The summed E-state index contributed by atoms with van der Waals surface area (Å²) in [5, 5.41) is 3.55. The van der Waals surface area contributed by atoms with E-state index in [1.165, 1.54) is 27.8 Å². The number of fused-ring (bicyclic) bond motifs is 1. The minimum absolute atomic E-state index is 0.0736. The number of hydrogen-bond donors (Lipinski definition) is 1. The van der Waals surface area contributed by atoms with Gasteiger partial charge in [-0.3, -0.25) is 14.2 Å². The highest BCUT2D eigenvalue weighted by Gasteiger charge is 2.14. The summed E-state index contributed by atoms with van der Waals surface area (Å²) < 4.78 is 1.37. The standard InChI is InChI=1S/C23H21N3O2S/c1-15-16(2)29-22-21(15)23(28)26(14-24-22)13-20(27)25-19-11-7-6-10-18(19)12-17-8-4-3-5-9-17/h3-11,14H,12-13H2,1-2H3,(H,25,27). The smallest absolute Gasteiger partial charge is 0.262 e. The van der Waals surface area contributed by atoms with Gasteiger partial charge in [0, 0.05) is 10.6 Å². The monoisotopic (exact) mass is 403 g/mol. The van der Waals surface area contributed by atoms with E-state index in [9.17, 15) is 9.59 Å². The number of carbonyl (C=O) groups is 1. The van der Waals surface area contributed by atoms with E-state index in [1.807, 2.05) is 56.3 Å². The fourth-order valence-electron chi connectivity index (χ4n) is 3.34. The van der Waals surface area contributed by atoms with E-state index in [-0.39, 0.29) is 18.0 Å². The van der Waals surface area contributed by atoms with Crippen molar-refractivity contribution in [1.29, 1.82) is 0 Å². The second kappa shape index (κ2) is 8.01. The number of hydrogen-bond acceptors (Lipinski definition) is 4. The predicted molar refractivity (Wildman–Crippen MR) is 118 cm³/mol. The highest BCUT2D eigenvalue weighted by Crippen LogP contribution is 2.25. The summed E-state index contributed by atoms with van der Waals surface area (Å²) in [5.41, 5.74) is 3.71. The van der Waals surface area contributed by atoms with Crippen LogP contribution in [0.15, 0.2) is 65.7 Å². The average molecular weight is 404 g/mol. The lowest BCUT2D eigenvalue weighted by atomic mass is 10.0. The highest BCUT2D eigenvalue weighted by atomic mass is 32.1. The molecular formula is C23H21N3O2S. The van der Waals surface area contributed by atoms with Crippen LogP contribution < -0.4 is 10.9 Å². The van der Waals surface area contributed by atoms with Crippen LogP contribution in [-0.2, 0) is 17.8 Å². The average Bonchev–Trinajstić information content (AvgIpc) is 3.01. The number of carbonyl (C=O) groups excluding carboxylic acids is 1. The number of amides is 1. The summed E-state index contributed by atoms with van der Waals surface area (Å²) >= 11 is 1.50. The Bertz CT molecular complexity index is 1240. The lowest BCUT2D eigenvalue weighted by Gasteiger charge is -2.12. The maximum Gasteiger partial charge on any atom is 0.262 e. The number of para-hydroxylation sites is 1. The van der Waals surface area contributed by atoms with E-state index in [4.69, 9.17) is 0 Å². The van der Waals surface area contributed by atoms with Gasteiger partial charge in [0.15, 0.2) is 0 Å². The first-order valence-corrected chi connectivity index (χ1v) is 10.2. The molecule has 146 valence electrons. The minimum Gasteiger partial charge on any atom is -0.324 e. The molecule has 0 aliphatic rings. The van der Waals surface area contributed by atoms with Crippen LogP contribution in [0.25, 0.3) is 10.2 Å². The summed E-state index contributed by atoms with van der Waals surface area (Å²) in [4.78, 5) is 31.6. The molecule has 0 atom stereocenters. The topological polar surface area (TPSA) is 64.0 Å². The van der Waals surface area contributed by atoms with Crippen molar-refractivity contribution < 1.29 is 4.79 Å². The van der Waals surface area contributed by atoms with E-state index in [0.717, 1.165) is 32.9 Å². The van der Waals surface area contributed by atoms with Crippen LogP contribution in [0.4, 0.5) is 5.69 Å². The Labute approximate surface area is 172 Å². The zero-order valence-corrected chi connectivity index (χ0v) is 17.1. The molecule has 0 spiro atoms. The Kier molecular flexibility index (Phi) is 5.27. The molecule has 1 amide bonds. The maximum atomic E-state index is 12.8. The molecule has 1 N–H and O–H groups in total. The van der Waals surface area contributed by atoms with Gasteiger partial charge in [0.2, 0.25) is 5.91 Å². The van der Waals surface area contributed by atoms with Gasteiger partial charge in [0.25, 0.3) is 5.56 Å². The molecule has 0 aliphatic heterocycles. The van der Waals surface area contributed by atoms with Crippen molar-refractivity contribution in [1.82, 2.24) is 9.55 Å². The van der Waals surface area contributed by atoms with Crippen molar-refractivity contribution in [3.8, 4) is 0 Å². The Morgan fingerprint density at radius 3 is 2.59 bits per heavy atom. The number of aryl methyl sites for hydroxylation is 2. The van der Waals surface area contributed by atoms with Crippen LogP contribution in [0.5, 0.6) is 0 Å². The third-order valence-corrected chi connectivity index (χ3v) is 6.11. The number of nitrogens with one attached hydrogen (secondary N) is 1. The normalized spacial score (nSPS) is 11.0. The summed E-state index contributed by atoms with van der Waals surface area (Å²) in [5.74, 6) is -0.252. The quantitative estimate of drug-likeness (QED) is 0.540. The first-order valence-electron chi connectivity index (χ1n) is 9.40. The molecule has 0 aliphatic carbocycles. The molecule has 0 saturated heterocycles. The lowest BCUT2D eigenvalue weighted by molar-refractivity contribution is -0.116. The Morgan fingerprint density at radius 1 is 1.07 bits per heavy atom. The number of thiophene rings is 1. The van der Waals surface area contributed by atoms with Crippen LogP contribution >= 0.6 is 11.3 Å². The molecule has 2 heterocycles. The fraction of sp³-hybridized carbons (Fsp3) is 0.174. The van der Waals surface area contributed by atoms with Crippen molar-refractivity contribution in [3.05, 3.63) is 92.8 Å². The maximum absolute atomic E-state index is 12.8. The first kappa shape index (κ1) is 19.1. The highest BCUT2D eigenvalue weighted by molar-refractivity contribution is 7.18. The van der Waals surface area contributed by atoms with Gasteiger partial charge in [0.1, 0.15) is 11.4 Å². The molecule has 0 radical (unpaired) electrons. The van der Waals surface area contributed by atoms with E-state index >= 15 is 0 Å². The molecular weight excluding hydrogens is 382 g/mol. The van der Waals surface area contributed by atoms with Gasteiger partial charge >= 0.3 is 0 Å². The molecule has 2 aromatic carbocycles. The molecule has 0 fully saturated rings. The molecule has 6 heteroatoms. The van der Waals surface area contributed by atoms with E-state index in [1.54, 1.807) is 0 Å².